The SMILES string of the molecule is NC(=S)c1ccc(CNC(=O)OCc2ccccc2)cc1. The van der Waals surface area contributed by atoms with Gasteiger partial charge in [0.05, 0.1) is 0 Å². The molecule has 0 fully saturated rings. The van der Waals surface area contributed by atoms with Crippen molar-refractivity contribution in [1.29, 1.82) is 0 Å². The second-order valence-electron chi connectivity index (χ2n) is 4.48. The van der Waals surface area contributed by atoms with E-state index < -0.39 is 6.09 Å². The molecular weight excluding hydrogens is 284 g/mol. The number of carbonyl (C=O) groups excluding carboxylic acids is 1. The van der Waals surface area contributed by atoms with Crippen molar-refractivity contribution in [2.24, 2.45) is 5.73 Å². The summed E-state index contributed by atoms with van der Waals surface area (Å²) in [5.74, 6) is 0. The number of nitrogens with two attached hydrogens (primary N) is 1. The van der Waals surface area contributed by atoms with Crippen molar-refractivity contribution in [3.63, 3.8) is 0 Å². The number of benzene rings is 2. The molecule has 21 heavy (non-hydrogen) atoms. The van der Waals surface area contributed by atoms with Gasteiger partial charge in [0.2, 0.25) is 0 Å². The van der Waals surface area contributed by atoms with Crippen LogP contribution in [0.3, 0.4) is 0 Å². The van der Waals surface area contributed by atoms with Crippen LogP contribution in [0.1, 0.15) is 16.7 Å². The number of amides is 1. The van der Waals surface area contributed by atoms with E-state index in [2.05, 4.69) is 5.32 Å². The van der Waals surface area contributed by atoms with Crippen LogP contribution in [0.4, 0.5) is 4.79 Å². The summed E-state index contributed by atoms with van der Waals surface area (Å²) in [6, 6.07) is 16.9. The Hall–Kier alpha value is -2.40. The molecule has 1 amide bonds. The minimum Gasteiger partial charge on any atom is -0.445 e. The first-order valence-electron chi connectivity index (χ1n) is 6.48. The summed E-state index contributed by atoms with van der Waals surface area (Å²) in [6.45, 7) is 0.651. The lowest BCUT2D eigenvalue weighted by Crippen LogP contribution is -2.23. The van der Waals surface area contributed by atoms with E-state index in [1.165, 1.54) is 0 Å². The van der Waals surface area contributed by atoms with Gasteiger partial charge in [-0.3, -0.25) is 0 Å². The lowest BCUT2D eigenvalue weighted by atomic mass is 10.1. The predicted molar refractivity (Wildman–Crippen MR) is 85.8 cm³/mol. The topological polar surface area (TPSA) is 64.3 Å². The van der Waals surface area contributed by atoms with Crippen LogP contribution >= 0.6 is 12.2 Å². The third-order valence-electron chi connectivity index (χ3n) is 2.89. The highest BCUT2D eigenvalue weighted by Gasteiger charge is 2.03. The average Bonchev–Trinajstić information content (AvgIpc) is 2.52. The van der Waals surface area contributed by atoms with Gasteiger partial charge in [-0.05, 0) is 11.1 Å². The molecule has 2 aromatic rings. The van der Waals surface area contributed by atoms with Crippen LogP contribution in [0.5, 0.6) is 0 Å². The molecule has 2 rings (SSSR count). The highest BCUT2D eigenvalue weighted by molar-refractivity contribution is 7.80. The second-order valence-corrected chi connectivity index (χ2v) is 4.92. The molecular formula is C16H16N2O2S. The molecule has 0 unspecified atom stereocenters. The number of carbonyl (C=O) groups is 1. The minimum atomic E-state index is -0.447. The van der Waals surface area contributed by atoms with Crippen molar-refractivity contribution in [2.45, 2.75) is 13.2 Å². The molecule has 0 aliphatic heterocycles. The normalized spacial score (nSPS) is 9.90. The smallest absolute Gasteiger partial charge is 0.407 e. The average molecular weight is 300 g/mol. The molecule has 5 heteroatoms. The lowest BCUT2D eigenvalue weighted by Gasteiger charge is -2.07. The molecule has 0 radical (unpaired) electrons. The zero-order valence-electron chi connectivity index (χ0n) is 11.4. The first-order chi connectivity index (χ1) is 10.1. The fraction of sp³-hybridized carbons (Fsp3) is 0.125. The van der Waals surface area contributed by atoms with Gasteiger partial charge in [0.25, 0.3) is 0 Å². The fourth-order valence-corrected chi connectivity index (χ4v) is 1.87. The number of alkyl carbamates (subject to hydrolysis) is 1. The second kappa shape index (κ2) is 7.40. The van der Waals surface area contributed by atoms with Crippen molar-refractivity contribution >= 4 is 23.3 Å². The molecule has 0 saturated heterocycles. The summed E-state index contributed by atoms with van der Waals surface area (Å²) >= 11 is 4.88. The van der Waals surface area contributed by atoms with Crippen molar-refractivity contribution in [3.05, 3.63) is 71.3 Å². The quantitative estimate of drug-likeness (QED) is 0.833. The molecule has 0 aliphatic rings. The maximum Gasteiger partial charge on any atom is 0.407 e. The van der Waals surface area contributed by atoms with Gasteiger partial charge in [-0.15, -0.1) is 0 Å². The lowest BCUT2D eigenvalue weighted by molar-refractivity contribution is 0.139. The van der Waals surface area contributed by atoms with E-state index in [9.17, 15) is 4.79 Å². The molecule has 108 valence electrons. The summed E-state index contributed by atoms with van der Waals surface area (Å²) in [5.41, 5.74) is 8.23. The van der Waals surface area contributed by atoms with E-state index >= 15 is 0 Å². The number of hydrogen-bond donors (Lipinski definition) is 2. The van der Waals surface area contributed by atoms with Gasteiger partial charge in [-0.25, -0.2) is 4.79 Å². The van der Waals surface area contributed by atoms with Crippen molar-refractivity contribution in [1.82, 2.24) is 5.32 Å². The Morgan fingerprint density at radius 3 is 2.33 bits per heavy atom. The van der Waals surface area contributed by atoms with Gasteiger partial charge < -0.3 is 15.8 Å². The predicted octanol–water partition coefficient (Wildman–Crippen LogP) is 2.75. The van der Waals surface area contributed by atoms with Crippen LogP contribution in [0.2, 0.25) is 0 Å². The van der Waals surface area contributed by atoms with Gasteiger partial charge in [0.15, 0.2) is 0 Å². The van der Waals surface area contributed by atoms with Crippen LogP contribution in [0.25, 0.3) is 0 Å². The third kappa shape index (κ3) is 4.89. The summed E-state index contributed by atoms with van der Waals surface area (Å²) in [7, 11) is 0. The molecule has 0 atom stereocenters. The summed E-state index contributed by atoms with van der Waals surface area (Å²) in [4.78, 5) is 11.9. The maximum atomic E-state index is 11.6. The molecule has 2 aromatic carbocycles. The third-order valence-corrected chi connectivity index (χ3v) is 3.12. The number of nitrogens with one attached hydrogen (secondary N) is 1. The van der Waals surface area contributed by atoms with E-state index in [1.54, 1.807) is 0 Å². The summed E-state index contributed by atoms with van der Waals surface area (Å²) in [5, 5.41) is 2.69. The molecule has 0 aromatic heterocycles. The van der Waals surface area contributed by atoms with Crippen molar-refractivity contribution in [2.75, 3.05) is 0 Å². The number of ether oxygens (including phenoxy) is 1. The first-order valence-corrected chi connectivity index (χ1v) is 6.89. The molecule has 4 nitrogen and oxygen atoms in total. The van der Waals surface area contributed by atoms with Crippen LogP contribution < -0.4 is 11.1 Å². The van der Waals surface area contributed by atoms with E-state index in [0.29, 0.717) is 11.5 Å². The van der Waals surface area contributed by atoms with Gasteiger partial charge in [-0.1, -0.05) is 66.8 Å². The van der Waals surface area contributed by atoms with E-state index in [1.807, 2.05) is 54.6 Å². The van der Waals surface area contributed by atoms with Crippen LogP contribution in [0, 0.1) is 0 Å². The van der Waals surface area contributed by atoms with Gasteiger partial charge in [0.1, 0.15) is 11.6 Å². The van der Waals surface area contributed by atoms with E-state index in [4.69, 9.17) is 22.7 Å². The van der Waals surface area contributed by atoms with Crippen LogP contribution in [-0.4, -0.2) is 11.1 Å². The number of rotatable bonds is 5. The summed E-state index contributed by atoms with van der Waals surface area (Å²) in [6.07, 6.45) is -0.447. The number of thiocarbonyl (C=S) groups is 1. The number of hydrogen-bond acceptors (Lipinski definition) is 3. The Morgan fingerprint density at radius 1 is 1.05 bits per heavy atom. The standard InChI is InChI=1S/C16H16N2O2S/c17-15(21)14-8-6-12(7-9-14)10-18-16(19)20-11-13-4-2-1-3-5-13/h1-9H,10-11H2,(H2,17,21)(H,18,19). The molecule has 0 bridgehead atoms. The van der Waals surface area contributed by atoms with Crippen molar-refractivity contribution in [3.8, 4) is 0 Å². The monoisotopic (exact) mass is 300 g/mol. The zero-order chi connectivity index (χ0) is 15.1. The van der Waals surface area contributed by atoms with Crippen molar-refractivity contribution < 1.29 is 9.53 Å². The maximum absolute atomic E-state index is 11.6. The molecule has 0 spiro atoms. The minimum absolute atomic E-state index is 0.257. The fourth-order valence-electron chi connectivity index (χ4n) is 1.74. The molecule has 3 N–H and O–H groups in total. The highest BCUT2D eigenvalue weighted by Crippen LogP contribution is 2.05. The highest BCUT2D eigenvalue weighted by atomic mass is 32.1. The molecule has 0 aliphatic carbocycles. The molecule has 0 heterocycles. The van der Waals surface area contributed by atoms with Crippen LogP contribution in [0.15, 0.2) is 54.6 Å². The Labute approximate surface area is 128 Å². The van der Waals surface area contributed by atoms with Gasteiger partial charge in [0, 0.05) is 12.1 Å². The Morgan fingerprint density at radius 2 is 1.71 bits per heavy atom. The Kier molecular flexibility index (Phi) is 5.29. The summed E-state index contributed by atoms with van der Waals surface area (Å²) < 4.78 is 5.12. The Bertz CT molecular complexity index is 612. The van der Waals surface area contributed by atoms with E-state index in [0.717, 1.165) is 16.7 Å². The Balaban J connectivity index is 1.77. The van der Waals surface area contributed by atoms with Gasteiger partial charge in [-0.2, -0.15) is 0 Å². The zero-order valence-corrected chi connectivity index (χ0v) is 12.2. The van der Waals surface area contributed by atoms with Crippen LogP contribution in [-0.2, 0) is 17.9 Å². The first kappa shape index (κ1) is 15.0. The van der Waals surface area contributed by atoms with E-state index in [-0.39, 0.29) is 6.61 Å². The molecule has 0 saturated carbocycles. The largest absolute Gasteiger partial charge is 0.445 e. The van der Waals surface area contributed by atoms with Gasteiger partial charge >= 0.3 is 6.09 Å².